The Balaban J connectivity index is 1.95. The molecule has 7 nitrogen and oxygen atoms in total. The van der Waals surface area contributed by atoms with Gasteiger partial charge in [0.2, 0.25) is 10.0 Å². The molecule has 0 aliphatic heterocycles. The molecule has 9 heteroatoms. The van der Waals surface area contributed by atoms with Crippen molar-refractivity contribution in [1.82, 2.24) is 14.5 Å². The minimum Gasteiger partial charge on any atom is -0.477 e. The van der Waals surface area contributed by atoms with Crippen molar-refractivity contribution in [3.63, 3.8) is 0 Å². The molecule has 0 atom stereocenters. The average molecular weight is 343 g/mol. The summed E-state index contributed by atoms with van der Waals surface area (Å²) in [5.74, 6) is -1.13. The predicted octanol–water partition coefficient (Wildman–Crippen LogP) is 1.74. The molecule has 0 saturated heterocycles. The van der Waals surface area contributed by atoms with Crippen molar-refractivity contribution < 1.29 is 18.3 Å². The molecule has 2 N–H and O–H groups in total. The van der Waals surface area contributed by atoms with Crippen LogP contribution in [0.3, 0.4) is 0 Å². The van der Waals surface area contributed by atoms with Crippen molar-refractivity contribution in [3.05, 3.63) is 35.0 Å². The maximum atomic E-state index is 12.1. The van der Waals surface area contributed by atoms with E-state index in [9.17, 15) is 13.2 Å². The van der Waals surface area contributed by atoms with Crippen LogP contribution in [0.1, 0.15) is 35.3 Å². The minimum absolute atomic E-state index is 0.00221. The molecule has 0 unspecified atom stereocenters. The van der Waals surface area contributed by atoms with E-state index < -0.39 is 16.0 Å². The van der Waals surface area contributed by atoms with Crippen LogP contribution in [-0.2, 0) is 16.4 Å². The lowest BCUT2D eigenvalue weighted by atomic mass is 10.3. The predicted molar refractivity (Wildman–Crippen MR) is 82.8 cm³/mol. The van der Waals surface area contributed by atoms with Crippen LogP contribution in [0.15, 0.2) is 28.6 Å². The molecular weight excluding hydrogens is 326 g/mol. The van der Waals surface area contributed by atoms with Gasteiger partial charge in [0, 0.05) is 25.2 Å². The first kappa shape index (κ1) is 16.7. The molecule has 0 radical (unpaired) electrons. The van der Waals surface area contributed by atoms with E-state index in [1.807, 2.05) is 30.8 Å². The van der Waals surface area contributed by atoms with E-state index in [0.717, 1.165) is 17.0 Å². The van der Waals surface area contributed by atoms with Crippen LogP contribution in [0.4, 0.5) is 0 Å². The second-order valence-electron chi connectivity index (χ2n) is 4.95. The topological polar surface area (TPSA) is 101 Å². The Hall–Kier alpha value is -1.71. The molecule has 2 aromatic heterocycles. The monoisotopic (exact) mass is 343 g/mol. The molecular formula is C13H17N3O4S2. The third kappa shape index (κ3) is 3.93. The molecule has 0 fully saturated rings. The fourth-order valence-electron chi connectivity index (χ4n) is 1.76. The molecule has 120 valence electrons. The Bertz CT molecular complexity index is 762. The molecule has 0 aliphatic rings. The zero-order chi connectivity index (χ0) is 16.3. The van der Waals surface area contributed by atoms with E-state index >= 15 is 0 Å². The van der Waals surface area contributed by atoms with Gasteiger partial charge >= 0.3 is 5.97 Å². The van der Waals surface area contributed by atoms with E-state index in [2.05, 4.69) is 9.82 Å². The van der Waals surface area contributed by atoms with Crippen molar-refractivity contribution in [2.24, 2.45) is 0 Å². The summed E-state index contributed by atoms with van der Waals surface area (Å²) < 4.78 is 28.4. The number of thiophene rings is 1. The van der Waals surface area contributed by atoms with Crippen LogP contribution >= 0.6 is 11.3 Å². The SMILES string of the molecule is CC(C)n1ccc(CCNS(=O)(=O)c2ccc(C(=O)O)s2)n1. The quantitative estimate of drug-likeness (QED) is 0.797. The number of carboxylic acids is 1. The van der Waals surface area contributed by atoms with E-state index in [1.165, 1.54) is 12.1 Å². The first-order valence-corrected chi connectivity index (χ1v) is 8.96. The first-order chi connectivity index (χ1) is 10.3. The number of carbonyl (C=O) groups is 1. The number of nitrogens with zero attached hydrogens (tertiary/aromatic N) is 2. The maximum absolute atomic E-state index is 12.1. The fraction of sp³-hybridized carbons (Fsp3) is 0.385. The van der Waals surface area contributed by atoms with Crippen molar-refractivity contribution in [2.45, 2.75) is 30.5 Å². The lowest BCUT2D eigenvalue weighted by Gasteiger charge is -2.05. The summed E-state index contributed by atoms with van der Waals surface area (Å²) in [5, 5.41) is 13.2. The highest BCUT2D eigenvalue weighted by molar-refractivity contribution is 7.91. The summed E-state index contributed by atoms with van der Waals surface area (Å²) in [5.41, 5.74) is 0.800. The maximum Gasteiger partial charge on any atom is 0.345 e. The van der Waals surface area contributed by atoms with Gasteiger partial charge in [-0.1, -0.05) is 0 Å². The summed E-state index contributed by atoms with van der Waals surface area (Å²) in [6.45, 7) is 4.23. The number of hydrogen-bond acceptors (Lipinski definition) is 5. The van der Waals surface area contributed by atoms with Gasteiger partial charge in [-0.2, -0.15) is 5.10 Å². The highest BCUT2D eigenvalue weighted by atomic mass is 32.2. The molecule has 0 aliphatic carbocycles. The largest absolute Gasteiger partial charge is 0.477 e. The van der Waals surface area contributed by atoms with Gasteiger partial charge in [0.25, 0.3) is 0 Å². The van der Waals surface area contributed by atoms with Crippen LogP contribution in [-0.4, -0.2) is 35.8 Å². The Kier molecular flexibility index (Phi) is 4.99. The first-order valence-electron chi connectivity index (χ1n) is 6.66. The summed E-state index contributed by atoms with van der Waals surface area (Å²) in [7, 11) is -3.68. The van der Waals surface area contributed by atoms with E-state index in [1.54, 1.807) is 0 Å². The molecule has 0 bridgehead atoms. The summed E-state index contributed by atoms with van der Waals surface area (Å²) in [6.07, 6.45) is 2.32. The van der Waals surface area contributed by atoms with Crippen LogP contribution in [0.5, 0.6) is 0 Å². The highest BCUT2D eigenvalue weighted by Gasteiger charge is 2.18. The van der Waals surface area contributed by atoms with Gasteiger partial charge in [-0.15, -0.1) is 11.3 Å². The normalized spacial score (nSPS) is 12.0. The second kappa shape index (κ2) is 6.59. The van der Waals surface area contributed by atoms with Crippen molar-refractivity contribution in [3.8, 4) is 0 Å². The minimum atomic E-state index is -3.68. The van der Waals surface area contributed by atoms with Gasteiger partial charge in [-0.25, -0.2) is 17.9 Å². The molecule has 0 aromatic carbocycles. The van der Waals surface area contributed by atoms with E-state index in [-0.39, 0.29) is 21.7 Å². The Morgan fingerprint density at radius 3 is 2.68 bits per heavy atom. The standard InChI is InChI=1S/C13H17N3O4S2/c1-9(2)16-8-6-10(15-16)5-7-14-22(19,20)12-4-3-11(21-12)13(17)18/h3-4,6,8-9,14H,5,7H2,1-2H3,(H,17,18). The third-order valence-corrected chi connectivity index (χ3v) is 5.95. The van der Waals surface area contributed by atoms with Gasteiger partial charge in [-0.3, -0.25) is 4.68 Å². The summed E-state index contributed by atoms with van der Waals surface area (Å²) in [4.78, 5) is 10.8. The van der Waals surface area contributed by atoms with Gasteiger partial charge in [0.1, 0.15) is 9.09 Å². The highest BCUT2D eigenvalue weighted by Crippen LogP contribution is 2.21. The molecule has 22 heavy (non-hydrogen) atoms. The fourth-order valence-corrected chi connectivity index (χ4v) is 3.98. The second-order valence-corrected chi connectivity index (χ2v) is 8.03. The number of aromatic carboxylic acids is 1. The van der Waals surface area contributed by atoms with Crippen LogP contribution in [0, 0.1) is 0 Å². The summed E-state index contributed by atoms with van der Waals surface area (Å²) >= 11 is 0.732. The Morgan fingerprint density at radius 1 is 1.41 bits per heavy atom. The van der Waals surface area contributed by atoms with E-state index in [0.29, 0.717) is 6.42 Å². The number of nitrogens with one attached hydrogen (secondary N) is 1. The van der Waals surface area contributed by atoms with Gasteiger partial charge in [-0.05, 0) is 32.0 Å². The Morgan fingerprint density at radius 2 is 2.14 bits per heavy atom. The molecule has 0 spiro atoms. The van der Waals surface area contributed by atoms with Crippen LogP contribution in [0.2, 0.25) is 0 Å². The molecule has 2 heterocycles. The molecule has 0 saturated carbocycles. The lowest BCUT2D eigenvalue weighted by Crippen LogP contribution is -2.25. The number of sulfonamides is 1. The van der Waals surface area contributed by atoms with Crippen molar-refractivity contribution in [1.29, 1.82) is 0 Å². The Labute approximate surface area is 132 Å². The zero-order valence-corrected chi connectivity index (χ0v) is 13.8. The van der Waals surface area contributed by atoms with Crippen molar-refractivity contribution in [2.75, 3.05) is 6.54 Å². The number of aromatic nitrogens is 2. The summed E-state index contributed by atoms with van der Waals surface area (Å²) in [6, 6.07) is 4.68. The smallest absolute Gasteiger partial charge is 0.345 e. The van der Waals surface area contributed by atoms with Gasteiger partial charge in [0.05, 0.1) is 5.69 Å². The average Bonchev–Trinajstić information content (AvgIpc) is 3.07. The van der Waals surface area contributed by atoms with Gasteiger partial charge < -0.3 is 5.11 Å². The number of carboxylic acid groups (broad SMARTS) is 1. The third-order valence-electron chi connectivity index (χ3n) is 2.92. The van der Waals surface area contributed by atoms with Gasteiger partial charge in [0.15, 0.2) is 0 Å². The van der Waals surface area contributed by atoms with Crippen LogP contribution < -0.4 is 4.72 Å². The lowest BCUT2D eigenvalue weighted by molar-refractivity contribution is 0.0702. The zero-order valence-electron chi connectivity index (χ0n) is 12.2. The van der Waals surface area contributed by atoms with Crippen LogP contribution in [0.25, 0.3) is 0 Å². The molecule has 2 rings (SSSR count). The molecule has 0 amide bonds. The van der Waals surface area contributed by atoms with Crippen molar-refractivity contribution >= 4 is 27.3 Å². The number of rotatable bonds is 7. The molecule has 2 aromatic rings. The number of hydrogen-bond donors (Lipinski definition) is 2. The van der Waals surface area contributed by atoms with E-state index in [4.69, 9.17) is 5.11 Å².